The van der Waals surface area contributed by atoms with Gasteiger partial charge in [0.1, 0.15) is 12.3 Å². The average Bonchev–Trinajstić information content (AvgIpc) is 3.11. The summed E-state index contributed by atoms with van der Waals surface area (Å²) in [6, 6.07) is 18.3. The van der Waals surface area contributed by atoms with E-state index in [1.54, 1.807) is 24.5 Å². The van der Waals surface area contributed by atoms with E-state index in [-0.39, 0.29) is 12.5 Å². The van der Waals surface area contributed by atoms with Crippen LogP contribution in [0.2, 0.25) is 5.02 Å². The van der Waals surface area contributed by atoms with E-state index in [1.165, 1.54) is 0 Å². The molecule has 1 heterocycles. The van der Waals surface area contributed by atoms with Crippen molar-refractivity contribution in [3.05, 3.63) is 77.7 Å². The van der Waals surface area contributed by atoms with Crippen molar-refractivity contribution in [2.45, 2.75) is 6.54 Å². The van der Waals surface area contributed by atoms with Gasteiger partial charge in [-0.15, -0.1) is 0 Å². The van der Waals surface area contributed by atoms with Crippen molar-refractivity contribution < 1.29 is 18.8 Å². The number of carbonyl (C=O) groups excluding carboxylic acids is 1. The normalized spacial score (nSPS) is 11.8. The number of hydrogen-bond acceptors (Lipinski definition) is 3. The molecule has 2 N–H and O–H groups in total. The second kappa shape index (κ2) is 8.56. The van der Waals surface area contributed by atoms with Gasteiger partial charge in [-0.1, -0.05) is 29.8 Å². The number of halogens is 1. The topological polar surface area (TPSA) is 55.9 Å². The van der Waals surface area contributed by atoms with Gasteiger partial charge in [0.25, 0.3) is 5.91 Å². The first-order valence-electron chi connectivity index (χ1n) is 8.26. The standard InChI is InChI=1S/C20H19ClN2O3/c1-23(13-17-8-5-11-25-17)14-20(24)22-18-12-15(21)9-10-19(18)26-16-6-3-2-4-7-16/h2-12H,13-14H2,1H3,(H,22,24)/p+1. The summed E-state index contributed by atoms with van der Waals surface area (Å²) in [7, 11) is 1.93. The summed E-state index contributed by atoms with van der Waals surface area (Å²) >= 11 is 6.08. The molecule has 1 atom stereocenters. The van der Waals surface area contributed by atoms with E-state index < -0.39 is 0 Å². The van der Waals surface area contributed by atoms with Crippen LogP contribution in [0.25, 0.3) is 0 Å². The maximum Gasteiger partial charge on any atom is 0.279 e. The monoisotopic (exact) mass is 371 g/mol. The summed E-state index contributed by atoms with van der Waals surface area (Å²) in [4.78, 5) is 13.4. The second-order valence-electron chi connectivity index (χ2n) is 5.99. The highest BCUT2D eigenvalue weighted by Crippen LogP contribution is 2.31. The Bertz CT molecular complexity index is 851. The fourth-order valence-corrected chi connectivity index (χ4v) is 2.72. The minimum Gasteiger partial charge on any atom is -0.463 e. The Morgan fingerprint density at radius 2 is 1.96 bits per heavy atom. The molecule has 26 heavy (non-hydrogen) atoms. The van der Waals surface area contributed by atoms with Gasteiger partial charge in [-0.25, -0.2) is 0 Å². The van der Waals surface area contributed by atoms with Gasteiger partial charge < -0.3 is 19.4 Å². The number of amides is 1. The molecule has 1 amide bonds. The lowest BCUT2D eigenvalue weighted by Crippen LogP contribution is -3.08. The summed E-state index contributed by atoms with van der Waals surface area (Å²) in [5, 5.41) is 3.41. The minimum absolute atomic E-state index is 0.130. The van der Waals surface area contributed by atoms with Crippen LogP contribution < -0.4 is 15.0 Å². The lowest BCUT2D eigenvalue weighted by atomic mass is 10.2. The summed E-state index contributed by atoms with van der Waals surface area (Å²) in [5.41, 5.74) is 0.539. The molecule has 5 nitrogen and oxygen atoms in total. The van der Waals surface area contributed by atoms with Crippen molar-refractivity contribution in [3.63, 3.8) is 0 Å². The first kappa shape index (κ1) is 18.0. The zero-order valence-corrected chi connectivity index (χ0v) is 15.1. The van der Waals surface area contributed by atoms with Gasteiger partial charge >= 0.3 is 0 Å². The van der Waals surface area contributed by atoms with E-state index in [1.807, 2.05) is 49.5 Å². The Balaban J connectivity index is 1.66. The maximum absolute atomic E-state index is 12.4. The lowest BCUT2D eigenvalue weighted by Gasteiger charge is -2.15. The number of nitrogens with one attached hydrogen (secondary N) is 2. The van der Waals surface area contributed by atoms with Crippen molar-refractivity contribution in [1.29, 1.82) is 0 Å². The highest BCUT2D eigenvalue weighted by atomic mass is 35.5. The van der Waals surface area contributed by atoms with Crippen LogP contribution in [0, 0.1) is 0 Å². The Morgan fingerprint density at radius 1 is 1.15 bits per heavy atom. The number of anilines is 1. The highest BCUT2D eigenvalue weighted by molar-refractivity contribution is 6.31. The molecule has 0 aliphatic carbocycles. The zero-order chi connectivity index (χ0) is 18.4. The predicted octanol–water partition coefficient (Wildman–Crippen LogP) is 3.38. The van der Waals surface area contributed by atoms with E-state index in [0.29, 0.717) is 28.8 Å². The molecule has 0 aliphatic heterocycles. The van der Waals surface area contributed by atoms with Gasteiger partial charge in [0.2, 0.25) is 0 Å². The van der Waals surface area contributed by atoms with E-state index >= 15 is 0 Å². The quantitative estimate of drug-likeness (QED) is 0.669. The molecular weight excluding hydrogens is 352 g/mol. The van der Waals surface area contributed by atoms with Gasteiger partial charge in [-0.2, -0.15) is 0 Å². The molecule has 1 aromatic heterocycles. The predicted molar refractivity (Wildman–Crippen MR) is 101 cm³/mol. The summed E-state index contributed by atoms with van der Waals surface area (Å²) in [5.74, 6) is 1.93. The Kier molecular flexibility index (Phi) is 5.94. The third kappa shape index (κ3) is 5.12. The summed E-state index contributed by atoms with van der Waals surface area (Å²) in [6.45, 7) is 0.918. The molecule has 0 spiro atoms. The van der Waals surface area contributed by atoms with Crippen LogP contribution in [-0.2, 0) is 11.3 Å². The molecular formula is C20H20ClN2O3+. The zero-order valence-electron chi connectivity index (χ0n) is 14.4. The molecule has 0 aliphatic rings. The average molecular weight is 372 g/mol. The maximum atomic E-state index is 12.4. The van der Waals surface area contributed by atoms with Crippen LogP contribution in [-0.4, -0.2) is 19.5 Å². The van der Waals surface area contributed by atoms with Crippen LogP contribution >= 0.6 is 11.6 Å². The highest BCUT2D eigenvalue weighted by Gasteiger charge is 2.15. The number of likely N-dealkylation sites (N-methyl/N-ethyl adjacent to an activating group) is 1. The number of ether oxygens (including phenoxy) is 1. The minimum atomic E-state index is -0.130. The molecule has 0 saturated heterocycles. The smallest absolute Gasteiger partial charge is 0.279 e. The van der Waals surface area contributed by atoms with E-state index in [9.17, 15) is 4.79 Å². The summed E-state index contributed by atoms with van der Waals surface area (Å²) < 4.78 is 11.2. The fourth-order valence-electron chi connectivity index (χ4n) is 2.55. The van der Waals surface area contributed by atoms with Crippen LogP contribution in [0.3, 0.4) is 0 Å². The molecule has 0 bridgehead atoms. The first-order chi connectivity index (χ1) is 12.6. The number of hydrogen-bond donors (Lipinski definition) is 2. The third-order valence-electron chi connectivity index (χ3n) is 3.71. The molecule has 0 fully saturated rings. The van der Waals surface area contributed by atoms with E-state index in [2.05, 4.69) is 5.32 Å². The van der Waals surface area contributed by atoms with Crippen LogP contribution in [0.1, 0.15) is 5.76 Å². The van der Waals surface area contributed by atoms with Gasteiger partial charge in [-0.3, -0.25) is 4.79 Å². The molecule has 3 rings (SSSR count). The fraction of sp³-hybridized carbons (Fsp3) is 0.150. The molecule has 0 saturated carbocycles. The van der Waals surface area contributed by atoms with Crippen molar-refractivity contribution in [3.8, 4) is 11.5 Å². The van der Waals surface area contributed by atoms with Crippen LogP contribution in [0.15, 0.2) is 71.3 Å². The summed E-state index contributed by atoms with van der Waals surface area (Å²) in [6.07, 6.45) is 1.63. The molecule has 6 heteroatoms. The van der Waals surface area contributed by atoms with Gasteiger partial charge in [0.05, 0.1) is 19.0 Å². The number of furan rings is 1. The third-order valence-corrected chi connectivity index (χ3v) is 3.94. The van der Waals surface area contributed by atoms with E-state index in [4.69, 9.17) is 20.8 Å². The molecule has 3 aromatic rings. The second-order valence-corrected chi connectivity index (χ2v) is 6.43. The van der Waals surface area contributed by atoms with Gasteiger partial charge in [-0.05, 0) is 42.5 Å². The number of rotatable bonds is 7. The number of benzene rings is 2. The van der Waals surface area contributed by atoms with Crippen molar-refractivity contribution in [1.82, 2.24) is 0 Å². The van der Waals surface area contributed by atoms with Crippen LogP contribution in [0.4, 0.5) is 5.69 Å². The molecule has 2 aromatic carbocycles. The lowest BCUT2D eigenvalue weighted by molar-refractivity contribution is -0.886. The van der Waals surface area contributed by atoms with Crippen molar-refractivity contribution in [2.24, 2.45) is 0 Å². The largest absolute Gasteiger partial charge is 0.463 e. The van der Waals surface area contributed by atoms with Gasteiger partial charge in [0.15, 0.2) is 18.1 Å². The Labute approximate surface area is 157 Å². The van der Waals surface area contributed by atoms with Crippen LogP contribution in [0.5, 0.6) is 11.5 Å². The number of quaternary nitrogens is 1. The number of carbonyl (C=O) groups is 1. The molecule has 1 unspecified atom stereocenters. The first-order valence-corrected chi connectivity index (χ1v) is 8.64. The van der Waals surface area contributed by atoms with Gasteiger partial charge in [0, 0.05) is 5.02 Å². The number of para-hydroxylation sites is 1. The molecule has 0 radical (unpaired) electrons. The van der Waals surface area contributed by atoms with Crippen molar-refractivity contribution >= 4 is 23.2 Å². The molecule has 134 valence electrons. The Hall–Kier alpha value is -2.76. The van der Waals surface area contributed by atoms with E-state index in [0.717, 1.165) is 10.7 Å². The Morgan fingerprint density at radius 3 is 2.69 bits per heavy atom. The van der Waals surface area contributed by atoms with Crippen molar-refractivity contribution in [2.75, 3.05) is 18.9 Å². The SMILES string of the molecule is C[NH+](CC(=O)Nc1cc(Cl)ccc1Oc1ccccc1)Cc1ccco1.